The van der Waals surface area contributed by atoms with Gasteiger partial charge >= 0.3 is 0 Å². The van der Waals surface area contributed by atoms with Gasteiger partial charge in [-0.3, -0.25) is 4.31 Å². The molecule has 6 heteroatoms. The lowest BCUT2D eigenvalue weighted by atomic mass is 10.0. The quantitative estimate of drug-likeness (QED) is 0.903. The van der Waals surface area contributed by atoms with Crippen molar-refractivity contribution < 1.29 is 13.5 Å². The van der Waals surface area contributed by atoms with E-state index in [1.165, 1.54) is 36.2 Å². The Labute approximate surface area is 145 Å². The first kappa shape index (κ1) is 17.7. The summed E-state index contributed by atoms with van der Waals surface area (Å²) in [6, 6.07) is 5.64. The van der Waals surface area contributed by atoms with E-state index in [1.807, 2.05) is 25.1 Å². The van der Waals surface area contributed by atoms with Crippen LogP contribution in [0.25, 0.3) is 0 Å². The zero-order valence-electron chi connectivity index (χ0n) is 14.6. The molecule has 2 atom stereocenters. The van der Waals surface area contributed by atoms with Gasteiger partial charge in [0.15, 0.2) is 0 Å². The van der Waals surface area contributed by atoms with Crippen molar-refractivity contribution in [3.63, 3.8) is 0 Å². The molecule has 134 valence electrons. The van der Waals surface area contributed by atoms with Crippen LogP contribution in [0.3, 0.4) is 0 Å². The summed E-state index contributed by atoms with van der Waals surface area (Å²) in [7, 11) is -3.26. The maximum Gasteiger partial charge on any atom is 0.232 e. The number of hydrogen-bond acceptors (Lipinski definition) is 4. The molecule has 1 aromatic rings. The molecule has 0 aliphatic carbocycles. The first-order valence-corrected chi connectivity index (χ1v) is 10.7. The standard InChI is InChI=1S/C18H28N2O3S/c1-14-11-16-12-15(7-8-17(16)20(14)24(2,22)23)18(21)13-19-9-5-3-4-6-10-19/h7-8,12,14,18,21H,3-6,9-11,13H2,1-2H3/t14-,18+/m0/s1. The van der Waals surface area contributed by atoms with E-state index in [-0.39, 0.29) is 6.04 Å². The number of likely N-dealkylation sites (tertiary alicyclic amines) is 1. The number of sulfonamides is 1. The van der Waals surface area contributed by atoms with Crippen LogP contribution in [0.4, 0.5) is 5.69 Å². The molecule has 1 N–H and O–H groups in total. The predicted octanol–water partition coefficient (Wildman–Crippen LogP) is 2.31. The summed E-state index contributed by atoms with van der Waals surface area (Å²) >= 11 is 0. The number of nitrogens with zero attached hydrogens (tertiary/aromatic N) is 2. The van der Waals surface area contributed by atoms with Crippen LogP contribution in [0, 0.1) is 0 Å². The highest BCUT2D eigenvalue weighted by Crippen LogP contribution is 2.35. The molecule has 0 radical (unpaired) electrons. The zero-order chi connectivity index (χ0) is 17.3. The van der Waals surface area contributed by atoms with Gasteiger partial charge in [0.05, 0.1) is 18.0 Å². The average molecular weight is 352 g/mol. The fraction of sp³-hybridized carbons (Fsp3) is 0.667. The SMILES string of the molecule is C[C@H]1Cc2cc([C@H](O)CN3CCCCCC3)ccc2N1S(C)(=O)=O. The Morgan fingerprint density at radius 1 is 1.21 bits per heavy atom. The van der Waals surface area contributed by atoms with Gasteiger partial charge in [0.2, 0.25) is 10.0 Å². The molecule has 1 saturated heterocycles. The molecule has 0 amide bonds. The highest BCUT2D eigenvalue weighted by atomic mass is 32.2. The van der Waals surface area contributed by atoms with E-state index in [4.69, 9.17) is 0 Å². The highest BCUT2D eigenvalue weighted by molar-refractivity contribution is 7.92. The third-order valence-electron chi connectivity index (χ3n) is 5.13. The summed E-state index contributed by atoms with van der Waals surface area (Å²) < 4.78 is 25.5. The number of aliphatic hydroxyl groups excluding tert-OH is 1. The van der Waals surface area contributed by atoms with E-state index in [0.29, 0.717) is 13.0 Å². The lowest BCUT2D eigenvalue weighted by Crippen LogP contribution is -2.34. The molecule has 3 rings (SSSR count). The van der Waals surface area contributed by atoms with Gasteiger partial charge in [-0.2, -0.15) is 0 Å². The summed E-state index contributed by atoms with van der Waals surface area (Å²) in [6.45, 7) is 4.69. The first-order valence-electron chi connectivity index (χ1n) is 8.89. The second-order valence-corrected chi connectivity index (χ2v) is 9.09. The molecule has 0 bridgehead atoms. The van der Waals surface area contributed by atoms with Crippen LogP contribution in [-0.2, 0) is 16.4 Å². The minimum atomic E-state index is -3.26. The smallest absolute Gasteiger partial charge is 0.232 e. The van der Waals surface area contributed by atoms with Crippen LogP contribution < -0.4 is 4.31 Å². The Balaban J connectivity index is 1.76. The number of fused-ring (bicyclic) bond motifs is 1. The molecular weight excluding hydrogens is 324 g/mol. The third kappa shape index (κ3) is 3.76. The summed E-state index contributed by atoms with van der Waals surface area (Å²) in [5.74, 6) is 0. The van der Waals surface area contributed by atoms with Gasteiger partial charge < -0.3 is 10.0 Å². The summed E-state index contributed by atoms with van der Waals surface area (Å²) in [5.41, 5.74) is 2.66. The van der Waals surface area contributed by atoms with Gasteiger partial charge in [-0.1, -0.05) is 25.0 Å². The van der Waals surface area contributed by atoms with Crippen molar-refractivity contribution in [1.82, 2.24) is 4.90 Å². The Hall–Kier alpha value is -1.11. The number of β-amino-alcohol motifs (C(OH)–C–C–N with tert-alkyl or cyclic N) is 1. The van der Waals surface area contributed by atoms with Crippen molar-refractivity contribution in [2.45, 2.75) is 51.2 Å². The number of hydrogen-bond donors (Lipinski definition) is 1. The van der Waals surface area contributed by atoms with E-state index in [2.05, 4.69) is 4.90 Å². The molecule has 0 spiro atoms. The maximum atomic E-state index is 12.0. The third-order valence-corrected chi connectivity index (χ3v) is 6.40. The van der Waals surface area contributed by atoms with Crippen LogP contribution in [0.1, 0.15) is 49.8 Å². The fourth-order valence-electron chi connectivity index (χ4n) is 4.00. The molecule has 24 heavy (non-hydrogen) atoms. The number of rotatable bonds is 4. The molecule has 5 nitrogen and oxygen atoms in total. The molecule has 1 fully saturated rings. The predicted molar refractivity (Wildman–Crippen MR) is 96.8 cm³/mol. The van der Waals surface area contributed by atoms with E-state index >= 15 is 0 Å². The summed E-state index contributed by atoms with van der Waals surface area (Å²) in [5, 5.41) is 10.6. The van der Waals surface area contributed by atoms with E-state index < -0.39 is 16.1 Å². The summed E-state index contributed by atoms with van der Waals surface area (Å²) in [6.07, 6.45) is 6.41. The number of benzene rings is 1. The largest absolute Gasteiger partial charge is 0.387 e. The second kappa shape index (κ2) is 7.02. The van der Waals surface area contributed by atoms with Crippen LogP contribution in [0.15, 0.2) is 18.2 Å². The van der Waals surface area contributed by atoms with Crippen molar-refractivity contribution in [1.29, 1.82) is 0 Å². The minimum Gasteiger partial charge on any atom is -0.387 e. The molecule has 2 heterocycles. The molecule has 1 aromatic carbocycles. The Morgan fingerprint density at radius 3 is 2.50 bits per heavy atom. The van der Waals surface area contributed by atoms with Crippen LogP contribution in [0.2, 0.25) is 0 Å². The van der Waals surface area contributed by atoms with Crippen LogP contribution in [-0.4, -0.2) is 50.4 Å². The molecule has 0 unspecified atom stereocenters. The Morgan fingerprint density at radius 2 is 1.88 bits per heavy atom. The lowest BCUT2D eigenvalue weighted by Gasteiger charge is -2.24. The highest BCUT2D eigenvalue weighted by Gasteiger charge is 2.32. The first-order chi connectivity index (χ1) is 11.4. The van der Waals surface area contributed by atoms with Gasteiger partial charge in [0.1, 0.15) is 0 Å². The molecular formula is C18H28N2O3S. The topological polar surface area (TPSA) is 60.9 Å². The number of anilines is 1. The molecule has 0 aromatic heterocycles. The van der Waals surface area contributed by atoms with E-state index in [1.54, 1.807) is 0 Å². The van der Waals surface area contributed by atoms with Crippen molar-refractivity contribution in [3.05, 3.63) is 29.3 Å². The zero-order valence-corrected chi connectivity index (χ0v) is 15.4. The molecule has 2 aliphatic heterocycles. The average Bonchev–Trinajstić information content (AvgIpc) is 2.66. The minimum absolute atomic E-state index is 0.0620. The van der Waals surface area contributed by atoms with E-state index in [0.717, 1.165) is 29.9 Å². The summed E-state index contributed by atoms with van der Waals surface area (Å²) in [4.78, 5) is 2.34. The van der Waals surface area contributed by atoms with E-state index in [9.17, 15) is 13.5 Å². The van der Waals surface area contributed by atoms with Gasteiger partial charge in [-0.25, -0.2) is 8.42 Å². The van der Waals surface area contributed by atoms with Crippen molar-refractivity contribution >= 4 is 15.7 Å². The fourth-order valence-corrected chi connectivity index (χ4v) is 5.27. The van der Waals surface area contributed by atoms with Gasteiger partial charge in [0, 0.05) is 12.6 Å². The van der Waals surface area contributed by atoms with Gasteiger partial charge in [0.25, 0.3) is 0 Å². The van der Waals surface area contributed by atoms with Gasteiger partial charge in [-0.15, -0.1) is 0 Å². The van der Waals surface area contributed by atoms with Crippen molar-refractivity contribution in [2.24, 2.45) is 0 Å². The normalized spacial score (nSPS) is 23.8. The monoisotopic (exact) mass is 352 g/mol. The maximum absolute atomic E-state index is 12.0. The second-order valence-electron chi connectivity index (χ2n) is 7.23. The number of aliphatic hydroxyl groups is 1. The van der Waals surface area contributed by atoms with Crippen molar-refractivity contribution in [3.8, 4) is 0 Å². The van der Waals surface area contributed by atoms with Crippen LogP contribution in [0.5, 0.6) is 0 Å². The van der Waals surface area contributed by atoms with Crippen LogP contribution >= 0.6 is 0 Å². The Kier molecular flexibility index (Phi) is 5.18. The van der Waals surface area contributed by atoms with Gasteiger partial charge in [-0.05, 0) is 56.5 Å². The lowest BCUT2D eigenvalue weighted by molar-refractivity contribution is 0.115. The van der Waals surface area contributed by atoms with Crippen molar-refractivity contribution in [2.75, 3.05) is 30.2 Å². The molecule has 2 aliphatic rings. The molecule has 0 saturated carbocycles. The Bertz CT molecular complexity index is 682.